The van der Waals surface area contributed by atoms with E-state index in [-0.39, 0.29) is 12.1 Å². The van der Waals surface area contributed by atoms with Crippen LogP contribution in [0.5, 0.6) is 0 Å². The molecule has 0 saturated heterocycles. The lowest BCUT2D eigenvalue weighted by molar-refractivity contribution is -0.145. The minimum Gasteiger partial charge on any atom is -0.459 e. The minimum atomic E-state index is -0.289. The van der Waals surface area contributed by atoms with Crippen LogP contribution in [-0.4, -0.2) is 12.1 Å². The van der Waals surface area contributed by atoms with E-state index in [0.717, 1.165) is 54.8 Å². The minimum absolute atomic E-state index is 0.00653. The van der Waals surface area contributed by atoms with Gasteiger partial charge in [0.1, 0.15) is 6.10 Å². The highest BCUT2D eigenvalue weighted by molar-refractivity contribution is 6.30. The third kappa shape index (κ3) is 5.05. The zero-order chi connectivity index (χ0) is 24.7. The summed E-state index contributed by atoms with van der Waals surface area (Å²) in [5, 5.41) is 0.486. The Hall–Kier alpha value is -0.760. The molecule has 8 atom stereocenters. The van der Waals surface area contributed by atoms with Crippen molar-refractivity contribution in [3.63, 3.8) is 0 Å². The largest absolute Gasteiger partial charge is 0.459 e. The summed E-state index contributed by atoms with van der Waals surface area (Å²) >= 11 is 5.87. The molecule has 0 aromatic carbocycles. The summed E-state index contributed by atoms with van der Waals surface area (Å²) < 4.78 is 5.76. The van der Waals surface area contributed by atoms with E-state index in [1.165, 1.54) is 57.4 Å². The molecule has 34 heavy (non-hydrogen) atoms. The van der Waals surface area contributed by atoms with E-state index in [2.05, 4.69) is 40.7 Å². The van der Waals surface area contributed by atoms with Crippen LogP contribution in [0.4, 0.5) is 0 Å². The van der Waals surface area contributed by atoms with E-state index in [1.807, 2.05) is 0 Å². The van der Waals surface area contributed by atoms with E-state index in [0.29, 0.717) is 15.9 Å². The fourth-order valence-corrected chi connectivity index (χ4v) is 9.20. The Morgan fingerprint density at radius 2 is 1.88 bits per heavy atom. The molecule has 0 amide bonds. The Balaban J connectivity index is 1.44. The Morgan fingerprint density at radius 1 is 1.12 bits per heavy atom. The molecule has 0 N–H and O–H groups in total. The molecule has 4 aliphatic carbocycles. The summed E-state index contributed by atoms with van der Waals surface area (Å²) in [7, 11) is 0. The molecule has 0 spiro atoms. The molecule has 0 heterocycles. The molecule has 0 bridgehead atoms. The molecule has 0 aromatic rings. The molecule has 4 rings (SSSR count). The number of allylic oxidation sites excluding steroid dienone is 2. The fourth-order valence-electron chi connectivity index (χ4n) is 9.11. The van der Waals surface area contributed by atoms with Gasteiger partial charge in [-0.3, -0.25) is 0 Å². The van der Waals surface area contributed by atoms with Crippen LogP contribution >= 0.6 is 11.6 Å². The van der Waals surface area contributed by atoms with Gasteiger partial charge in [-0.2, -0.15) is 0 Å². The average Bonchev–Trinajstić information content (AvgIpc) is 3.10. The predicted molar refractivity (Wildman–Crippen MR) is 143 cm³/mol. The Labute approximate surface area is 214 Å². The summed E-state index contributed by atoms with van der Waals surface area (Å²) in [5.41, 5.74) is 2.41. The van der Waals surface area contributed by atoms with Crippen molar-refractivity contribution < 1.29 is 9.53 Å². The van der Waals surface area contributed by atoms with Crippen LogP contribution < -0.4 is 0 Å². The first-order chi connectivity index (χ1) is 16.0. The first kappa shape index (κ1) is 26.3. The SMILES string of the molecule is C/C(Cl)=C\C(=O)O[C@H]1CC[C@@]2(C)C(=CCC3C2CC[C@@]2(C)C3CC[C@@H]2[C@H](C)CCCC(C)C)C1. The molecule has 0 aliphatic heterocycles. The van der Waals surface area contributed by atoms with Gasteiger partial charge in [-0.05, 0) is 98.2 Å². The second-order valence-corrected chi connectivity index (χ2v) is 13.9. The zero-order valence-electron chi connectivity index (χ0n) is 22.7. The van der Waals surface area contributed by atoms with Crippen molar-refractivity contribution in [2.75, 3.05) is 0 Å². The maximum Gasteiger partial charge on any atom is 0.332 e. The number of halogens is 1. The van der Waals surface area contributed by atoms with Crippen LogP contribution in [0.25, 0.3) is 0 Å². The number of fused-ring (bicyclic) bond motifs is 5. The number of carbonyl (C=O) groups is 1. The van der Waals surface area contributed by atoms with Crippen LogP contribution in [0.3, 0.4) is 0 Å². The highest BCUT2D eigenvalue weighted by Crippen LogP contribution is 2.67. The second-order valence-electron chi connectivity index (χ2n) is 13.3. The summed E-state index contributed by atoms with van der Waals surface area (Å²) in [4.78, 5) is 12.1. The lowest BCUT2D eigenvalue weighted by Gasteiger charge is -2.58. The molecule has 3 fully saturated rings. The normalized spacial score (nSPS) is 40.8. The van der Waals surface area contributed by atoms with Crippen molar-refractivity contribution >= 4 is 17.6 Å². The maximum atomic E-state index is 12.1. The summed E-state index contributed by atoms with van der Waals surface area (Å²) in [5.74, 6) is 4.87. The third-order valence-electron chi connectivity index (χ3n) is 10.9. The zero-order valence-corrected chi connectivity index (χ0v) is 23.4. The van der Waals surface area contributed by atoms with Crippen molar-refractivity contribution in [2.24, 2.45) is 46.3 Å². The summed E-state index contributed by atoms with van der Waals surface area (Å²) in [6, 6.07) is 0. The first-order valence-corrected chi connectivity index (χ1v) is 14.7. The van der Waals surface area contributed by atoms with Gasteiger partial charge in [0.2, 0.25) is 0 Å². The first-order valence-electron chi connectivity index (χ1n) is 14.3. The number of hydrogen-bond donors (Lipinski definition) is 0. The van der Waals surface area contributed by atoms with E-state index >= 15 is 0 Å². The second kappa shape index (κ2) is 10.3. The standard InChI is InChI=1S/C31H49ClO2/c1-20(2)8-7-9-21(3)26-12-13-27-25-11-10-23-19-24(34-29(33)18-22(4)32)14-16-30(23,5)28(25)15-17-31(26,27)6/h10,18,20-21,24-28H,7-9,11-17,19H2,1-6H3/b22-18+/t21-,24+,25?,26-,27?,28?,30+,31-/m1/s1. The Morgan fingerprint density at radius 3 is 2.59 bits per heavy atom. The van der Waals surface area contributed by atoms with Gasteiger partial charge in [0.05, 0.1) is 0 Å². The number of hydrogen-bond acceptors (Lipinski definition) is 2. The number of carbonyl (C=O) groups excluding carboxylic acids is 1. The average molecular weight is 489 g/mol. The van der Waals surface area contributed by atoms with Crippen LogP contribution in [0.15, 0.2) is 22.8 Å². The van der Waals surface area contributed by atoms with Gasteiger partial charge in [-0.1, -0.05) is 77.1 Å². The number of rotatable bonds is 7. The van der Waals surface area contributed by atoms with Gasteiger partial charge in [-0.15, -0.1) is 0 Å². The highest BCUT2D eigenvalue weighted by atomic mass is 35.5. The van der Waals surface area contributed by atoms with Gasteiger partial charge in [-0.25, -0.2) is 4.79 Å². The summed E-state index contributed by atoms with van der Waals surface area (Å²) in [6.45, 7) is 14.2. The molecule has 2 nitrogen and oxygen atoms in total. The molecule has 3 unspecified atom stereocenters. The monoisotopic (exact) mass is 488 g/mol. The third-order valence-corrected chi connectivity index (χ3v) is 11.0. The quantitative estimate of drug-likeness (QED) is 0.203. The topological polar surface area (TPSA) is 26.3 Å². The van der Waals surface area contributed by atoms with Crippen molar-refractivity contribution in [3.8, 4) is 0 Å². The number of ether oxygens (including phenoxy) is 1. The van der Waals surface area contributed by atoms with Gasteiger partial charge < -0.3 is 4.74 Å². The van der Waals surface area contributed by atoms with Crippen molar-refractivity contribution in [3.05, 3.63) is 22.8 Å². The summed E-state index contributed by atoms with van der Waals surface area (Å²) in [6.07, 6.45) is 18.2. The predicted octanol–water partition coefficient (Wildman–Crippen LogP) is 9.08. The molecular formula is C31H49ClO2. The smallest absolute Gasteiger partial charge is 0.332 e. The molecule has 3 heteroatoms. The number of esters is 1. The van der Waals surface area contributed by atoms with E-state index < -0.39 is 0 Å². The van der Waals surface area contributed by atoms with Crippen molar-refractivity contribution in [1.29, 1.82) is 0 Å². The van der Waals surface area contributed by atoms with Crippen LogP contribution in [-0.2, 0) is 9.53 Å². The van der Waals surface area contributed by atoms with Crippen LogP contribution in [0.1, 0.15) is 112 Å². The lowest BCUT2D eigenvalue weighted by Crippen LogP contribution is -2.51. The lowest BCUT2D eigenvalue weighted by atomic mass is 9.47. The molecule has 4 aliphatic rings. The van der Waals surface area contributed by atoms with Crippen LogP contribution in [0, 0.1) is 46.3 Å². The highest BCUT2D eigenvalue weighted by Gasteiger charge is 2.59. The van der Waals surface area contributed by atoms with Gasteiger partial charge in [0, 0.05) is 17.5 Å². The Kier molecular flexibility index (Phi) is 7.98. The fraction of sp³-hybridized carbons (Fsp3) is 0.839. The van der Waals surface area contributed by atoms with Crippen molar-refractivity contribution in [1.82, 2.24) is 0 Å². The van der Waals surface area contributed by atoms with E-state index in [1.54, 1.807) is 12.5 Å². The molecule has 0 radical (unpaired) electrons. The molecule has 0 aromatic heterocycles. The van der Waals surface area contributed by atoms with E-state index in [4.69, 9.17) is 16.3 Å². The van der Waals surface area contributed by atoms with Gasteiger partial charge in [0.15, 0.2) is 0 Å². The van der Waals surface area contributed by atoms with Gasteiger partial charge >= 0.3 is 5.97 Å². The maximum absolute atomic E-state index is 12.1. The van der Waals surface area contributed by atoms with Crippen molar-refractivity contribution in [2.45, 2.75) is 118 Å². The Bertz CT molecular complexity index is 808. The van der Waals surface area contributed by atoms with E-state index in [9.17, 15) is 4.79 Å². The molecule has 3 saturated carbocycles. The molecular weight excluding hydrogens is 440 g/mol. The van der Waals surface area contributed by atoms with Crippen LogP contribution in [0.2, 0.25) is 0 Å². The van der Waals surface area contributed by atoms with Gasteiger partial charge in [0.25, 0.3) is 0 Å². The molecule has 192 valence electrons.